The van der Waals surface area contributed by atoms with Crippen LogP contribution in [-0.4, -0.2) is 42.2 Å². The fourth-order valence-corrected chi connectivity index (χ4v) is 5.65. The van der Waals surface area contributed by atoms with Gasteiger partial charge < -0.3 is 24.1 Å². The van der Waals surface area contributed by atoms with E-state index in [0.717, 1.165) is 27.0 Å². The third-order valence-electron chi connectivity index (χ3n) is 6.15. The number of nitrogens with zero attached hydrogens (tertiary/aromatic N) is 1. The number of fused-ring (bicyclic) bond motifs is 2. The summed E-state index contributed by atoms with van der Waals surface area (Å²) in [6, 6.07) is 14.9. The van der Waals surface area contributed by atoms with Crippen LogP contribution in [0.4, 0.5) is 0 Å². The summed E-state index contributed by atoms with van der Waals surface area (Å²) in [4.78, 5) is 37.9. The van der Waals surface area contributed by atoms with Crippen molar-refractivity contribution in [3.05, 3.63) is 80.9 Å². The standard InChI is InChI=1S/C27H23ClN2O6S/c1-15-9-19(16(2)30(15)12-17-7-8-21-22(10-17)36-14-35-21)20(31)13-34-24(32)11-29-27(33)26-25(28)18-5-3-4-6-23(18)37-26/h3-10H,11-14H2,1-2H3,(H,29,33). The van der Waals surface area contributed by atoms with E-state index in [0.29, 0.717) is 33.5 Å². The summed E-state index contributed by atoms with van der Waals surface area (Å²) in [7, 11) is 0. The highest BCUT2D eigenvalue weighted by Crippen LogP contribution is 2.35. The largest absolute Gasteiger partial charge is 0.456 e. The van der Waals surface area contributed by atoms with E-state index in [9.17, 15) is 14.4 Å². The van der Waals surface area contributed by atoms with Gasteiger partial charge in [0.1, 0.15) is 11.4 Å². The normalized spacial score (nSPS) is 12.1. The second-order valence-electron chi connectivity index (χ2n) is 8.57. The highest BCUT2D eigenvalue weighted by atomic mass is 35.5. The molecule has 3 heterocycles. The molecule has 8 nitrogen and oxygen atoms in total. The van der Waals surface area contributed by atoms with Crippen LogP contribution in [0.5, 0.6) is 11.5 Å². The van der Waals surface area contributed by atoms with Crippen LogP contribution in [0.3, 0.4) is 0 Å². The maximum atomic E-state index is 12.8. The van der Waals surface area contributed by atoms with Crippen LogP contribution in [0.2, 0.25) is 5.02 Å². The first-order valence-corrected chi connectivity index (χ1v) is 12.7. The van der Waals surface area contributed by atoms with Crippen molar-refractivity contribution in [3.63, 3.8) is 0 Å². The number of ketones is 1. The van der Waals surface area contributed by atoms with Crippen molar-refractivity contribution >= 4 is 50.7 Å². The molecule has 0 saturated heterocycles. The lowest BCUT2D eigenvalue weighted by Crippen LogP contribution is -2.31. The summed E-state index contributed by atoms with van der Waals surface area (Å²) in [5.41, 5.74) is 3.15. The van der Waals surface area contributed by atoms with E-state index in [4.69, 9.17) is 25.8 Å². The summed E-state index contributed by atoms with van der Waals surface area (Å²) in [5.74, 6) is -0.0951. The van der Waals surface area contributed by atoms with Gasteiger partial charge in [-0.1, -0.05) is 35.9 Å². The van der Waals surface area contributed by atoms with Crippen molar-refractivity contribution in [1.29, 1.82) is 0 Å². The topological polar surface area (TPSA) is 95.9 Å². The Morgan fingerprint density at radius 2 is 1.86 bits per heavy atom. The van der Waals surface area contributed by atoms with Crippen molar-refractivity contribution < 1.29 is 28.6 Å². The predicted octanol–water partition coefficient (Wildman–Crippen LogP) is 4.91. The van der Waals surface area contributed by atoms with Gasteiger partial charge in [0.15, 0.2) is 18.1 Å². The first-order chi connectivity index (χ1) is 17.8. The molecule has 2 aromatic carbocycles. The Morgan fingerprint density at radius 1 is 1.08 bits per heavy atom. The minimum atomic E-state index is -0.715. The Hall–Kier alpha value is -3.82. The van der Waals surface area contributed by atoms with Gasteiger partial charge in [0.25, 0.3) is 5.91 Å². The molecule has 0 spiro atoms. The number of thiophene rings is 1. The molecule has 190 valence electrons. The molecule has 5 rings (SSSR count). The van der Waals surface area contributed by atoms with Gasteiger partial charge in [-0.05, 0) is 43.7 Å². The first-order valence-electron chi connectivity index (χ1n) is 11.5. The zero-order valence-corrected chi connectivity index (χ0v) is 21.7. The maximum Gasteiger partial charge on any atom is 0.325 e. The first kappa shape index (κ1) is 24.9. The van der Waals surface area contributed by atoms with E-state index in [1.54, 1.807) is 6.07 Å². The summed E-state index contributed by atoms with van der Waals surface area (Å²) < 4.78 is 18.8. The fraction of sp³-hybridized carbons (Fsp3) is 0.222. The van der Waals surface area contributed by atoms with E-state index < -0.39 is 18.5 Å². The number of amides is 1. The number of halogens is 1. The number of carbonyl (C=O) groups excluding carboxylic acids is 3. The van der Waals surface area contributed by atoms with Crippen LogP contribution in [0.25, 0.3) is 10.1 Å². The van der Waals surface area contributed by atoms with Crippen LogP contribution >= 0.6 is 22.9 Å². The van der Waals surface area contributed by atoms with Crippen molar-refractivity contribution in [2.75, 3.05) is 19.9 Å². The van der Waals surface area contributed by atoms with Gasteiger partial charge in [-0.25, -0.2) is 0 Å². The van der Waals surface area contributed by atoms with Gasteiger partial charge in [0.2, 0.25) is 12.6 Å². The number of aryl methyl sites for hydroxylation is 1. The lowest BCUT2D eigenvalue weighted by atomic mass is 10.1. The van der Waals surface area contributed by atoms with Gasteiger partial charge in [0, 0.05) is 33.6 Å². The number of hydrogen-bond acceptors (Lipinski definition) is 7. The smallest absolute Gasteiger partial charge is 0.325 e. The number of hydrogen-bond donors (Lipinski definition) is 1. The summed E-state index contributed by atoms with van der Waals surface area (Å²) in [5, 5.41) is 3.64. The quantitative estimate of drug-likeness (QED) is 0.253. The lowest BCUT2D eigenvalue weighted by Gasteiger charge is -2.11. The van der Waals surface area contributed by atoms with Gasteiger partial charge in [-0.15, -0.1) is 11.3 Å². The third-order valence-corrected chi connectivity index (χ3v) is 7.82. The van der Waals surface area contributed by atoms with Crippen LogP contribution in [0.15, 0.2) is 48.5 Å². The van der Waals surface area contributed by atoms with E-state index >= 15 is 0 Å². The van der Waals surface area contributed by atoms with Crippen LogP contribution < -0.4 is 14.8 Å². The maximum absolute atomic E-state index is 12.8. The summed E-state index contributed by atoms with van der Waals surface area (Å²) >= 11 is 7.56. The molecule has 1 aliphatic heterocycles. The Bertz CT molecular complexity index is 1540. The molecule has 2 aromatic heterocycles. The van der Waals surface area contributed by atoms with Crippen molar-refractivity contribution in [2.45, 2.75) is 20.4 Å². The minimum absolute atomic E-state index is 0.209. The Kier molecular flexibility index (Phi) is 6.90. The van der Waals surface area contributed by atoms with E-state index in [-0.39, 0.29) is 19.1 Å². The molecule has 1 amide bonds. The molecule has 0 bridgehead atoms. The Balaban J connectivity index is 1.16. The monoisotopic (exact) mass is 538 g/mol. The molecule has 1 aliphatic rings. The Labute approximate surface area is 221 Å². The molecule has 37 heavy (non-hydrogen) atoms. The predicted molar refractivity (Wildman–Crippen MR) is 140 cm³/mol. The molecular weight excluding hydrogens is 516 g/mol. The highest BCUT2D eigenvalue weighted by molar-refractivity contribution is 7.21. The summed E-state index contributed by atoms with van der Waals surface area (Å²) in [6.07, 6.45) is 0. The molecule has 0 fully saturated rings. The zero-order chi connectivity index (χ0) is 26.1. The molecule has 0 aliphatic carbocycles. The van der Waals surface area contributed by atoms with Crippen molar-refractivity contribution in [2.24, 2.45) is 0 Å². The summed E-state index contributed by atoms with van der Waals surface area (Å²) in [6.45, 7) is 3.72. The van der Waals surface area contributed by atoms with Crippen LogP contribution in [0, 0.1) is 13.8 Å². The number of aromatic nitrogens is 1. The van der Waals surface area contributed by atoms with E-state index in [2.05, 4.69) is 5.32 Å². The van der Waals surface area contributed by atoms with E-state index in [1.165, 1.54) is 11.3 Å². The van der Waals surface area contributed by atoms with E-state index in [1.807, 2.05) is 60.9 Å². The van der Waals surface area contributed by atoms with Crippen molar-refractivity contribution in [3.8, 4) is 11.5 Å². The van der Waals surface area contributed by atoms with Gasteiger partial charge >= 0.3 is 5.97 Å². The van der Waals surface area contributed by atoms with Crippen LogP contribution in [0.1, 0.15) is 37.0 Å². The molecule has 0 atom stereocenters. The molecule has 0 saturated carbocycles. The fourth-order valence-electron chi connectivity index (χ4n) is 4.22. The molecule has 1 N–H and O–H groups in total. The minimum Gasteiger partial charge on any atom is -0.456 e. The molecule has 0 radical (unpaired) electrons. The molecule has 0 unspecified atom stereocenters. The SMILES string of the molecule is Cc1cc(C(=O)COC(=O)CNC(=O)c2sc3ccccc3c2Cl)c(C)n1Cc1ccc2c(c1)OCO2. The third kappa shape index (κ3) is 5.05. The van der Waals surface area contributed by atoms with Crippen molar-refractivity contribution in [1.82, 2.24) is 9.88 Å². The number of nitrogens with one attached hydrogen (secondary N) is 1. The number of Topliss-reactive ketones (excluding diaryl/α,β-unsaturated/α-hetero) is 1. The zero-order valence-electron chi connectivity index (χ0n) is 20.1. The second kappa shape index (κ2) is 10.3. The number of esters is 1. The highest BCUT2D eigenvalue weighted by Gasteiger charge is 2.21. The average Bonchev–Trinajstić information content (AvgIpc) is 3.58. The lowest BCUT2D eigenvalue weighted by molar-refractivity contribution is -0.141. The molecule has 10 heteroatoms. The molecule has 4 aromatic rings. The number of benzene rings is 2. The van der Waals surface area contributed by atoms with Gasteiger partial charge in [0.05, 0.1) is 5.02 Å². The number of ether oxygens (including phenoxy) is 3. The molecular formula is C27H23ClN2O6S. The number of rotatable bonds is 8. The van der Waals surface area contributed by atoms with Crippen LogP contribution in [-0.2, 0) is 16.1 Å². The second-order valence-corrected chi connectivity index (χ2v) is 10.00. The van der Waals surface area contributed by atoms with Gasteiger partial charge in [-0.2, -0.15) is 0 Å². The Morgan fingerprint density at radius 3 is 2.68 bits per heavy atom. The average molecular weight is 539 g/mol. The van der Waals surface area contributed by atoms with Gasteiger partial charge in [-0.3, -0.25) is 14.4 Å². The number of carbonyl (C=O) groups is 3.